The molecule has 1 aromatic heterocycles. The van der Waals surface area contributed by atoms with Crippen molar-refractivity contribution < 1.29 is 0 Å². The molecule has 2 unspecified atom stereocenters. The Hall–Kier alpha value is 0.01000. The van der Waals surface area contributed by atoms with E-state index in [1.807, 2.05) is 23.1 Å². The van der Waals surface area contributed by atoms with Crippen LogP contribution in [0.15, 0.2) is 6.07 Å². The Bertz CT molecular complexity index is 320. The molecule has 0 aromatic carbocycles. The maximum atomic E-state index is 3.68. The van der Waals surface area contributed by atoms with Gasteiger partial charge in [-0.1, -0.05) is 0 Å². The molecule has 92 valence electrons. The van der Waals surface area contributed by atoms with Crippen molar-refractivity contribution in [2.75, 3.05) is 12.0 Å². The Morgan fingerprint density at radius 3 is 2.56 bits per heavy atom. The third kappa shape index (κ3) is 4.11. The molecular formula is C13H23NS2. The van der Waals surface area contributed by atoms with Crippen molar-refractivity contribution in [3.05, 3.63) is 21.4 Å². The van der Waals surface area contributed by atoms with Gasteiger partial charge in [-0.25, -0.2) is 0 Å². The topological polar surface area (TPSA) is 12.0 Å². The van der Waals surface area contributed by atoms with Gasteiger partial charge >= 0.3 is 0 Å². The number of nitrogens with one attached hydrogen (secondary N) is 1. The van der Waals surface area contributed by atoms with Gasteiger partial charge in [-0.2, -0.15) is 11.8 Å². The molecule has 0 radical (unpaired) electrons. The van der Waals surface area contributed by atoms with E-state index >= 15 is 0 Å². The number of aryl methyl sites for hydroxylation is 2. The highest BCUT2D eigenvalue weighted by molar-refractivity contribution is 7.98. The van der Waals surface area contributed by atoms with Gasteiger partial charge in [-0.05, 0) is 57.8 Å². The lowest BCUT2D eigenvalue weighted by Crippen LogP contribution is -2.29. The lowest BCUT2D eigenvalue weighted by molar-refractivity contribution is 0.471. The van der Waals surface area contributed by atoms with E-state index in [4.69, 9.17) is 0 Å². The molecule has 0 fully saturated rings. The molecule has 0 saturated carbocycles. The summed E-state index contributed by atoms with van der Waals surface area (Å²) in [6, 6.07) is 3.39. The number of thiophene rings is 1. The smallest absolute Gasteiger partial charge is 0.0305 e. The summed E-state index contributed by atoms with van der Waals surface area (Å²) >= 11 is 3.82. The zero-order valence-electron chi connectivity index (χ0n) is 11.0. The Labute approximate surface area is 108 Å². The Morgan fingerprint density at radius 1 is 1.38 bits per heavy atom. The molecule has 1 N–H and O–H groups in total. The summed E-state index contributed by atoms with van der Waals surface area (Å²) < 4.78 is 0. The van der Waals surface area contributed by atoms with Crippen LogP contribution in [0.4, 0.5) is 0 Å². The van der Waals surface area contributed by atoms with Crippen LogP contribution in [0.2, 0.25) is 0 Å². The summed E-state index contributed by atoms with van der Waals surface area (Å²) in [7, 11) is 0. The van der Waals surface area contributed by atoms with Gasteiger partial charge < -0.3 is 5.32 Å². The van der Waals surface area contributed by atoms with Gasteiger partial charge in [0.1, 0.15) is 0 Å². The van der Waals surface area contributed by atoms with Crippen LogP contribution >= 0.6 is 23.1 Å². The van der Waals surface area contributed by atoms with Crippen LogP contribution in [0, 0.1) is 13.8 Å². The van der Waals surface area contributed by atoms with E-state index in [0.29, 0.717) is 12.1 Å². The summed E-state index contributed by atoms with van der Waals surface area (Å²) in [6.45, 7) is 8.95. The Balaban J connectivity index is 2.51. The van der Waals surface area contributed by atoms with Crippen molar-refractivity contribution >= 4 is 23.1 Å². The van der Waals surface area contributed by atoms with Gasteiger partial charge in [0.25, 0.3) is 0 Å². The second-order valence-electron chi connectivity index (χ2n) is 4.44. The maximum absolute atomic E-state index is 3.68. The highest BCUT2D eigenvalue weighted by Gasteiger charge is 2.13. The summed E-state index contributed by atoms with van der Waals surface area (Å²) in [5.41, 5.74) is 1.47. The van der Waals surface area contributed by atoms with E-state index in [-0.39, 0.29) is 0 Å². The molecule has 0 aliphatic rings. The SMILES string of the molecule is CSCCC(C)NC(C)c1cc(C)sc1C. The zero-order chi connectivity index (χ0) is 12.1. The molecule has 1 nitrogen and oxygen atoms in total. The summed E-state index contributed by atoms with van der Waals surface area (Å²) in [5.74, 6) is 1.24. The van der Waals surface area contributed by atoms with E-state index in [1.54, 1.807) is 0 Å². The molecule has 0 aliphatic heterocycles. The van der Waals surface area contributed by atoms with E-state index < -0.39 is 0 Å². The quantitative estimate of drug-likeness (QED) is 0.821. The van der Waals surface area contributed by atoms with Crippen molar-refractivity contribution in [1.29, 1.82) is 0 Å². The van der Waals surface area contributed by atoms with Gasteiger partial charge in [0.15, 0.2) is 0 Å². The van der Waals surface area contributed by atoms with Crippen LogP contribution in [-0.4, -0.2) is 18.1 Å². The average molecular weight is 257 g/mol. The third-order valence-electron chi connectivity index (χ3n) is 2.84. The molecule has 1 rings (SSSR count). The highest BCUT2D eigenvalue weighted by atomic mass is 32.2. The van der Waals surface area contributed by atoms with E-state index in [0.717, 1.165) is 0 Å². The van der Waals surface area contributed by atoms with Gasteiger partial charge in [-0.15, -0.1) is 11.3 Å². The molecule has 2 atom stereocenters. The summed E-state index contributed by atoms with van der Waals surface area (Å²) in [4.78, 5) is 2.87. The van der Waals surface area contributed by atoms with Crippen LogP contribution in [0.1, 0.15) is 41.6 Å². The second kappa shape index (κ2) is 6.67. The van der Waals surface area contributed by atoms with Crippen molar-refractivity contribution in [3.63, 3.8) is 0 Å². The zero-order valence-corrected chi connectivity index (χ0v) is 12.6. The summed E-state index contributed by atoms with van der Waals surface area (Å²) in [5, 5.41) is 3.68. The molecule has 0 bridgehead atoms. The van der Waals surface area contributed by atoms with Crippen molar-refractivity contribution in [3.8, 4) is 0 Å². The molecule has 0 aliphatic carbocycles. The van der Waals surface area contributed by atoms with Crippen LogP contribution in [0.25, 0.3) is 0 Å². The van der Waals surface area contributed by atoms with E-state index in [9.17, 15) is 0 Å². The lowest BCUT2D eigenvalue weighted by atomic mass is 10.1. The predicted molar refractivity (Wildman–Crippen MR) is 77.8 cm³/mol. The Kier molecular flexibility index (Phi) is 5.87. The van der Waals surface area contributed by atoms with Crippen molar-refractivity contribution in [1.82, 2.24) is 5.32 Å². The van der Waals surface area contributed by atoms with E-state index in [2.05, 4.69) is 45.3 Å². The third-order valence-corrected chi connectivity index (χ3v) is 4.46. The number of thioether (sulfide) groups is 1. The largest absolute Gasteiger partial charge is 0.308 e. The van der Waals surface area contributed by atoms with Crippen LogP contribution in [0.3, 0.4) is 0 Å². The molecule has 1 heterocycles. The van der Waals surface area contributed by atoms with Crippen LogP contribution in [-0.2, 0) is 0 Å². The molecule has 0 amide bonds. The first kappa shape index (κ1) is 14.1. The second-order valence-corrected chi connectivity index (χ2v) is 6.89. The molecule has 1 aromatic rings. The van der Waals surface area contributed by atoms with Crippen LogP contribution in [0.5, 0.6) is 0 Å². The number of rotatable bonds is 6. The van der Waals surface area contributed by atoms with Gasteiger partial charge in [0, 0.05) is 21.8 Å². The van der Waals surface area contributed by atoms with Gasteiger partial charge in [0.05, 0.1) is 0 Å². The normalized spacial score (nSPS) is 15.1. The van der Waals surface area contributed by atoms with Crippen molar-refractivity contribution in [2.45, 2.75) is 46.2 Å². The predicted octanol–water partition coefficient (Wildman–Crippen LogP) is 4.16. The first-order valence-electron chi connectivity index (χ1n) is 5.86. The first-order valence-corrected chi connectivity index (χ1v) is 8.07. The summed E-state index contributed by atoms with van der Waals surface area (Å²) in [6.07, 6.45) is 3.41. The minimum Gasteiger partial charge on any atom is -0.308 e. The Morgan fingerprint density at radius 2 is 2.06 bits per heavy atom. The molecular weight excluding hydrogens is 234 g/mol. The lowest BCUT2D eigenvalue weighted by Gasteiger charge is -2.20. The van der Waals surface area contributed by atoms with Crippen LogP contribution < -0.4 is 5.32 Å². The minimum atomic E-state index is 0.474. The van der Waals surface area contributed by atoms with E-state index in [1.165, 1.54) is 27.5 Å². The molecule has 0 spiro atoms. The number of hydrogen-bond acceptors (Lipinski definition) is 3. The van der Waals surface area contributed by atoms with Gasteiger partial charge in [0.2, 0.25) is 0 Å². The van der Waals surface area contributed by atoms with Crippen molar-refractivity contribution in [2.24, 2.45) is 0 Å². The minimum absolute atomic E-state index is 0.474. The highest BCUT2D eigenvalue weighted by Crippen LogP contribution is 2.26. The fraction of sp³-hybridized carbons (Fsp3) is 0.692. The average Bonchev–Trinajstić information content (AvgIpc) is 2.54. The monoisotopic (exact) mass is 257 g/mol. The maximum Gasteiger partial charge on any atom is 0.0305 e. The first-order chi connectivity index (χ1) is 7.54. The fourth-order valence-electron chi connectivity index (χ4n) is 1.97. The molecule has 16 heavy (non-hydrogen) atoms. The molecule has 3 heteroatoms. The van der Waals surface area contributed by atoms with Gasteiger partial charge in [-0.3, -0.25) is 0 Å². The number of hydrogen-bond donors (Lipinski definition) is 1. The fourth-order valence-corrected chi connectivity index (χ4v) is 3.59. The standard InChI is InChI=1S/C13H23NS2/c1-9(6-7-15-5)14-11(3)13-8-10(2)16-12(13)4/h8-9,11,14H,6-7H2,1-5H3. The molecule has 0 saturated heterocycles.